The Morgan fingerprint density at radius 2 is 1.29 bits per heavy atom. The van der Waals surface area contributed by atoms with Crippen molar-refractivity contribution < 1.29 is 37.0 Å². The van der Waals surface area contributed by atoms with Gasteiger partial charge in [0.25, 0.3) is 0 Å². The third-order valence-corrected chi connectivity index (χ3v) is 1.98. The number of carboxylic acid groups (broad SMARTS) is 1. The Morgan fingerprint density at radius 1 is 0.941 bits per heavy atom. The molecule has 0 radical (unpaired) electrons. The maximum absolute atomic E-state index is 13.0. The van der Waals surface area contributed by atoms with E-state index in [0.29, 0.717) is 0 Å². The third-order valence-electron chi connectivity index (χ3n) is 1.98. The van der Waals surface area contributed by atoms with Crippen LogP contribution in [0.2, 0.25) is 0 Å². The maximum atomic E-state index is 13.0. The van der Waals surface area contributed by atoms with Crippen LogP contribution in [0.1, 0.15) is 5.56 Å². The summed E-state index contributed by atoms with van der Waals surface area (Å²) in [5.74, 6) is -12.8. The maximum Gasteiger partial charge on any atom is 0.332 e. The molecule has 1 aromatic carbocycles. The first-order chi connectivity index (χ1) is 7.77. The number of carbonyl (C=O) groups is 1. The molecule has 0 aliphatic carbocycles. The molecule has 17 heavy (non-hydrogen) atoms. The molecule has 0 heterocycles. The number of benzene rings is 1. The molecular weight excluding hydrogens is 251 g/mol. The standard InChI is InChI=1S/C9H5F5O3/c10-4-2(1-3(15)9(16)17)5(11)7(13)8(14)6(4)12/h3,15H,1H2,(H,16,17)/t3-/m1/s1. The van der Waals surface area contributed by atoms with E-state index in [9.17, 15) is 26.7 Å². The van der Waals surface area contributed by atoms with E-state index in [4.69, 9.17) is 10.2 Å². The molecule has 0 bridgehead atoms. The Balaban J connectivity index is 3.30. The zero-order valence-electron chi connectivity index (χ0n) is 7.98. The predicted molar refractivity (Wildman–Crippen MR) is 43.6 cm³/mol. The second-order valence-electron chi connectivity index (χ2n) is 3.11. The van der Waals surface area contributed by atoms with Gasteiger partial charge in [0, 0.05) is 12.0 Å². The predicted octanol–water partition coefficient (Wildman–Crippen LogP) is 1.37. The Hall–Kier alpha value is -1.70. The average Bonchev–Trinajstić information content (AvgIpc) is 2.29. The van der Waals surface area contributed by atoms with Crippen LogP contribution in [0, 0.1) is 29.1 Å². The lowest BCUT2D eigenvalue weighted by atomic mass is 10.1. The lowest BCUT2D eigenvalue weighted by Gasteiger charge is -2.09. The van der Waals surface area contributed by atoms with Crippen LogP contribution in [0.25, 0.3) is 0 Å². The highest BCUT2D eigenvalue weighted by Gasteiger charge is 2.28. The number of aliphatic hydroxyl groups excluding tert-OH is 1. The minimum atomic E-state index is -2.34. The van der Waals surface area contributed by atoms with E-state index in [0.717, 1.165) is 0 Å². The van der Waals surface area contributed by atoms with Crippen molar-refractivity contribution in [2.45, 2.75) is 12.5 Å². The van der Waals surface area contributed by atoms with E-state index in [1.54, 1.807) is 0 Å². The molecular formula is C9H5F5O3. The molecule has 0 unspecified atom stereocenters. The topological polar surface area (TPSA) is 57.5 Å². The summed E-state index contributed by atoms with van der Waals surface area (Å²) in [5, 5.41) is 17.1. The van der Waals surface area contributed by atoms with Crippen molar-refractivity contribution in [2.24, 2.45) is 0 Å². The Labute approximate surface area is 91.1 Å². The fraction of sp³-hybridized carbons (Fsp3) is 0.222. The molecule has 8 heteroatoms. The van der Waals surface area contributed by atoms with Crippen LogP contribution in [0.15, 0.2) is 0 Å². The van der Waals surface area contributed by atoms with Gasteiger partial charge in [-0.1, -0.05) is 0 Å². The number of aliphatic carboxylic acids is 1. The SMILES string of the molecule is O=C(O)[C@H](O)Cc1c(F)c(F)c(F)c(F)c1F. The zero-order chi connectivity index (χ0) is 13.3. The van der Waals surface area contributed by atoms with E-state index >= 15 is 0 Å². The first-order valence-corrected chi connectivity index (χ1v) is 4.18. The molecule has 94 valence electrons. The van der Waals surface area contributed by atoms with Gasteiger partial charge in [0.2, 0.25) is 5.82 Å². The van der Waals surface area contributed by atoms with Crippen LogP contribution in [0.3, 0.4) is 0 Å². The van der Waals surface area contributed by atoms with E-state index in [1.165, 1.54) is 0 Å². The Bertz CT molecular complexity index is 445. The van der Waals surface area contributed by atoms with Crippen molar-refractivity contribution in [3.05, 3.63) is 34.6 Å². The number of carboxylic acids is 1. The fourth-order valence-corrected chi connectivity index (χ4v) is 1.11. The van der Waals surface area contributed by atoms with Gasteiger partial charge in [-0.05, 0) is 0 Å². The summed E-state index contributed by atoms with van der Waals surface area (Å²) >= 11 is 0. The monoisotopic (exact) mass is 256 g/mol. The summed E-state index contributed by atoms with van der Waals surface area (Å²) in [6.45, 7) is 0. The quantitative estimate of drug-likeness (QED) is 0.488. The largest absolute Gasteiger partial charge is 0.479 e. The summed E-state index contributed by atoms with van der Waals surface area (Å²) in [5.41, 5.74) is -1.36. The van der Waals surface area contributed by atoms with Gasteiger partial charge in [0.15, 0.2) is 29.4 Å². The van der Waals surface area contributed by atoms with Crippen molar-refractivity contribution in [1.82, 2.24) is 0 Å². The van der Waals surface area contributed by atoms with Crippen LogP contribution in [0.5, 0.6) is 0 Å². The van der Waals surface area contributed by atoms with Crippen LogP contribution in [-0.4, -0.2) is 22.3 Å². The number of hydrogen-bond acceptors (Lipinski definition) is 2. The van der Waals surface area contributed by atoms with E-state index in [2.05, 4.69) is 0 Å². The fourth-order valence-electron chi connectivity index (χ4n) is 1.11. The lowest BCUT2D eigenvalue weighted by Crippen LogP contribution is -2.24. The highest BCUT2D eigenvalue weighted by atomic mass is 19.2. The van der Waals surface area contributed by atoms with E-state index < -0.39 is 53.1 Å². The van der Waals surface area contributed by atoms with Gasteiger partial charge in [-0.3, -0.25) is 0 Å². The van der Waals surface area contributed by atoms with Crippen molar-refractivity contribution in [2.75, 3.05) is 0 Å². The van der Waals surface area contributed by atoms with Gasteiger partial charge in [0.05, 0.1) is 0 Å². The third kappa shape index (κ3) is 2.36. The second-order valence-corrected chi connectivity index (χ2v) is 3.11. The Kier molecular flexibility index (Phi) is 3.66. The smallest absolute Gasteiger partial charge is 0.332 e. The van der Waals surface area contributed by atoms with Crippen LogP contribution < -0.4 is 0 Å². The lowest BCUT2D eigenvalue weighted by molar-refractivity contribution is -0.146. The van der Waals surface area contributed by atoms with Gasteiger partial charge in [-0.25, -0.2) is 26.7 Å². The minimum Gasteiger partial charge on any atom is -0.479 e. The average molecular weight is 256 g/mol. The summed E-state index contributed by atoms with van der Waals surface area (Å²) in [6, 6.07) is 0. The summed E-state index contributed by atoms with van der Waals surface area (Å²) < 4.78 is 63.9. The highest BCUT2D eigenvalue weighted by Crippen LogP contribution is 2.23. The molecule has 0 saturated carbocycles. The van der Waals surface area contributed by atoms with Gasteiger partial charge in [-0.2, -0.15) is 0 Å². The molecule has 0 amide bonds. The second kappa shape index (κ2) is 4.66. The number of hydrogen-bond donors (Lipinski definition) is 2. The number of rotatable bonds is 3. The first kappa shape index (κ1) is 13.4. The van der Waals surface area contributed by atoms with Gasteiger partial charge >= 0.3 is 5.97 Å². The number of aliphatic hydroxyl groups is 1. The molecule has 0 aliphatic rings. The normalized spacial score (nSPS) is 12.6. The van der Waals surface area contributed by atoms with Crippen molar-refractivity contribution in [3.8, 4) is 0 Å². The van der Waals surface area contributed by atoms with E-state index in [1.807, 2.05) is 0 Å². The van der Waals surface area contributed by atoms with Crippen molar-refractivity contribution >= 4 is 5.97 Å². The van der Waals surface area contributed by atoms with Crippen LogP contribution in [0.4, 0.5) is 22.0 Å². The summed E-state index contributed by atoms with van der Waals surface area (Å²) in [6.07, 6.45) is -3.48. The zero-order valence-corrected chi connectivity index (χ0v) is 7.98. The van der Waals surface area contributed by atoms with Crippen molar-refractivity contribution in [3.63, 3.8) is 0 Å². The molecule has 0 fully saturated rings. The summed E-state index contributed by atoms with van der Waals surface area (Å²) in [7, 11) is 0. The number of halogens is 5. The minimum absolute atomic E-state index is 1.22. The molecule has 1 aromatic rings. The van der Waals surface area contributed by atoms with E-state index in [-0.39, 0.29) is 0 Å². The molecule has 1 atom stereocenters. The molecule has 1 rings (SSSR count). The highest BCUT2D eigenvalue weighted by molar-refractivity contribution is 5.72. The first-order valence-electron chi connectivity index (χ1n) is 4.18. The van der Waals surface area contributed by atoms with Gasteiger partial charge in [0.1, 0.15) is 0 Å². The van der Waals surface area contributed by atoms with Crippen molar-refractivity contribution in [1.29, 1.82) is 0 Å². The Morgan fingerprint density at radius 3 is 1.65 bits per heavy atom. The molecule has 2 N–H and O–H groups in total. The van der Waals surface area contributed by atoms with Crippen LogP contribution in [-0.2, 0) is 11.2 Å². The van der Waals surface area contributed by atoms with Crippen LogP contribution >= 0.6 is 0 Å². The summed E-state index contributed by atoms with van der Waals surface area (Å²) in [4.78, 5) is 10.2. The molecule has 0 saturated heterocycles. The molecule has 0 aliphatic heterocycles. The molecule has 0 spiro atoms. The van der Waals surface area contributed by atoms with Gasteiger partial charge < -0.3 is 10.2 Å². The molecule has 3 nitrogen and oxygen atoms in total. The van der Waals surface area contributed by atoms with Gasteiger partial charge in [-0.15, -0.1) is 0 Å². The molecule has 0 aromatic heterocycles.